The van der Waals surface area contributed by atoms with Gasteiger partial charge in [-0.25, -0.2) is 0 Å². The van der Waals surface area contributed by atoms with Gasteiger partial charge in [0.1, 0.15) is 0 Å². The standard InChI is InChI=1S/C17H11I/c18-16-10-4-9-14-7-3-8-15(17(14)16)12-11-13-5-1-2-6-13/h1-10,13H. The highest BCUT2D eigenvalue weighted by Gasteiger charge is 2.03. The first-order valence-electron chi connectivity index (χ1n) is 5.88. The van der Waals surface area contributed by atoms with Crippen molar-refractivity contribution in [3.8, 4) is 11.8 Å². The predicted molar refractivity (Wildman–Crippen MR) is 85.3 cm³/mol. The third kappa shape index (κ3) is 2.21. The summed E-state index contributed by atoms with van der Waals surface area (Å²) in [6.07, 6.45) is 8.32. The molecule has 0 saturated heterocycles. The van der Waals surface area contributed by atoms with Crippen molar-refractivity contribution in [3.05, 3.63) is 69.8 Å². The number of hydrogen-bond acceptors (Lipinski definition) is 0. The molecular weight excluding hydrogens is 331 g/mol. The van der Waals surface area contributed by atoms with Crippen LogP contribution in [-0.4, -0.2) is 0 Å². The lowest BCUT2D eigenvalue weighted by atomic mass is 10.0. The zero-order valence-electron chi connectivity index (χ0n) is 9.73. The van der Waals surface area contributed by atoms with E-state index in [9.17, 15) is 0 Å². The van der Waals surface area contributed by atoms with Gasteiger partial charge in [-0.3, -0.25) is 0 Å². The van der Waals surface area contributed by atoms with Gasteiger partial charge in [0.2, 0.25) is 0 Å². The molecule has 1 heteroatoms. The van der Waals surface area contributed by atoms with Crippen molar-refractivity contribution in [1.82, 2.24) is 0 Å². The lowest BCUT2D eigenvalue weighted by molar-refractivity contribution is 1.15. The molecule has 2 aromatic rings. The predicted octanol–water partition coefficient (Wildman–Crippen LogP) is 4.54. The fraction of sp³-hybridized carbons (Fsp3) is 0.0588. The highest BCUT2D eigenvalue weighted by molar-refractivity contribution is 14.1. The number of allylic oxidation sites excluding steroid dienone is 4. The van der Waals surface area contributed by atoms with Crippen LogP contribution in [0.3, 0.4) is 0 Å². The second-order valence-corrected chi connectivity index (χ2v) is 5.37. The zero-order valence-corrected chi connectivity index (χ0v) is 11.9. The molecule has 0 bridgehead atoms. The molecule has 0 aliphatic heterocycles. The Morgan fingerprint density at radius 1 is 0.944 bits per heavy atom. The fourth-order valence-electron chi connectivity index (χ4n) is 2.09. The van der Waals surface area contributed by atoms with Gasteiger partial charge in [-0.1, -0.05) is 60.4 Å². The Kier molecular flexibility index (Phi) is 3.21. The first kappa shape index (κ1) is 11.6. The molecule has 0 nitrogen and oxygen atoms in total. The van der Waals surface area contributed by atoms with E-state index in [0.29, 0.717) is 0 Å². The Morgan fingerprint density at radius 3 is 2.44 bits per heavy atom. The van der Waals surface area contributed by atoms with E-state index in [4.69, 9.17) is 0 Å². The molecule has 0 radical (unpaired) electrons. The van der Waals surface area contributed by atoms with Crippen LogP contribution in [0.15, 0.2) is 60.7 Å². The summed E-state index contributed by atoms with van der Waals surface area (Å²) in [4.78, 5) is 0. The van der Waals surface area contributed by atoms with Crippen molar-refractivity contribution in [3.63, 3.8) is 0 Å². The van der Waals surface area contributed by atoms with Crippen LogP contribution in [0.25, 0.3) is 10.8 Å². The second kappa shape index (κ2) is 4.99. The van der Waals surface area contributed by atoms with Crippen molar-refractivity contribution >= 4 is 33.4 Å². The van der Waals surface area contributed by atoms with E-state index >= 15 is 0 Å². The molecule has 0 spiro atoms. The Hall–Kier alpha value is -1.53. The van der Waals surface area contributed by atoms with Crippen molar-refractivity contribution in [1.29, 1.82) is 0 Å². The van der Waals surface area contributed by atoms with E-state index in [2.05, 4.69) is 83.0 Å². The maximum Gasteiger partial charge on any atom is 0.0573 e. The van der Waals surface area contributed by atoms with Crippen LogP contribution in [0, 0.1) is 21.3 Å². The Bertz CT molecular complexity index is 694. The molecule has 86 valence electrons. The minimum Gasteiger partial charge on any atom is -0.0861 e. The summed E-state index contributed by atoms with van der Waals surface area (Å²) in [7, 11) is 0. The highest BCUT2D eigenvalue weighted by atomic mass is 127. The second-order valence-electron chi connectivity index (χ2n) is 4.21. The quantitative estimate of drug-likeness (QED) is 0.487. The third-order valence-electron chi connectivity index (χ3n) is 2.98. The van der Waals surface area contributed by atoms with Crippen LogP contribution >= 0.6 is 22.6 Å². The maximum atomic E-state index is 3.31. The molecule has 1 aliphatic carbocycles. The van der Waals surface area contributed by atoms with Gasteiger partial charge in [-0.15, -0.1) is 0 Å². The van der Waals surface area contributed by atoms with Gasteiger partial charge in [0.15, 0.2) is 0 Å². The zero-order chi connectivity index (χ0) is 12.4. The summed E-state index contributed by atoms with van der Waals surface area (Å²) >= 11 is 2.38. The van der Waals surface area contributed by atoms with Gasteiger partial charge in [-0.2, -0.15) is 0 Å². The maximum absolute atomic E-state index is 3.31. The molecule has 1 aliphatic rings. The minimum absolute atomic E-state index is 0.265. The highest BCUT2D eigenvalue weighted by Crippen LogP contribution is 2.24. The molecule has 2 aromatic carbocycles. The fourth-order valence-corrected chi connectivity index (χ4v) is 2.90. The van der Waals surface area contributed by atoms with Gasteiger partial charge in [-0.05, 0) is 40.1 Å². The van der Waals surface area contributed by atoms with Gasteiger partial charge < -0.3 is 0 Å². The topological polar surface area (TPSA) is 0 Å². The lowest BCUT2D eigenvalue weighted by Crippen LogP contribution is -1.86. The molecule has 0 fully saturated rings. The lowest BCUT2D eigenvalue weighted by Gasteiger charge is -2.03. The van der Waals surface area contributed by atoms with Crippen molar-refractivity contribution < 1.29 is 0 Å². The number of hydrogen-bond donors (Lipinski definition) is 0. The summed E-state index contributed by atoms with van der Waals surface area (Å²) in [5.74, 6) is 6.87. The number of halogens is 1. The van der Waals surface area contributed by atoms with Crippen LogP contribution in [0.2, 0.25) is 0 Å². The monoisotopic (exact) mass is 342 g/mol. The van der Waals surface area contributed by atoms with E-state index in [0.717, 1.165) is 5.56 Å². The summed E-state index contributed by atoms with van der Waals surface area (Å²) in [6, 6.07) is 12.7. The van der Waals surface area contributed by atoms with Crippen LogP contribution in [0.1, 0.15) is 5.56 Å². The summed E-state index contributed by atoms with van der Waals surface area (Å²) in [5, 5.41) is 2.52. The van der Waals surface area contributed by atoms with Gasteiger partial charge in [0.05, 0.1) is 5.92 Å². The molecular formula is C17H11I. The van der Waals surface area contributed by atoms with Gasteiger partial charge >= 0.3 is 0 Å². The molecule has 0 saturated carbocycles. The molecule has 0 atom stereocenters. The van der Waals surface area contributed by atoms with E-state index in [1.165, 1.54) is 14.3 Å². The van der Waals surface area contributed by atoms with Crippen molar-refractivity contribution in [2.75, 3.05) is 0 Å². The number of rotatable bonds is 0. The Morgan fingerprint density at radius 2 is 1.67 bits per heavy atom. The van der Waals surface area contributed by atoms with Crippen LogP contribution in [-0.2, 0) is 0 Å². The van der Waals surface area contributed by atoms with Crippen LogP contribution in [0.5, 0.6) is 0 Å². The van der Waals surface area contributed by atoms with E-state index in [-0.39, 0.29) is 5.92 Å². The summed E-state index contributed by atoms with van der Waals surface area (Å²) < 4.78 is 1.26. The normalized spacial score (nSPS) is 13.8. The van der Waals surface area contributed by atoms with Gasteiger partial charge in [0, 0.05) is 14.5 Å². The van der Waals surface area contributed by atoms with Crippen molar-refractivity contribution in [2.24, 2.45) is 5.92 Å². The van der Waals surface area contributed by atoms with E-state index < -0.39 is 0 Å². The minimum atomic E-state index is 0.265. The number of benzene rings is 2. The number of fused-ring (bicyclic) bond motifs is 1. The van der Waals surface area contributed by atoms with E-state index in [1.54, 1.807) is 0 Å². The van der Waals surface area contributed by atoms with Gasteiger partial charge in [0.25, 0.3) is 0 Å². The van der Waals surface area contributed by atoms with Crippen LogP contribution < -0.4 is 0 Å². The first-order chi connectivity index (χ1) is 8.84. The third-order valence-corrected chi connectivity index (χ3v) is 3.87. The Balaban J connectivity index is 2.11. The molecule has 3 rings (SSSR count). The molecule has 0 aromatic heterocycles. The van der Waals surface area contributed by atoms with Crippen LogP contribution in [0.4, 0.5) is 0 Å². The smallest absolute Gasteiger partial charge is 0.0573 e. The molecule has 0 amide bonds. The summed E-state index contributed by atoms with van der Waals surface area (Å²) in [6.45, 7) is 0. The Labute approximate surface area is 121 Å². The molecule has 0 unspecified atom stereocenters. The molecule has 18 heavy (non-hydrogen) atoms. The van der Waals surface area contributed by atoms with Crippen molar-refractivity contribution in [2.45, 2.75) is 0 Å². The first-order valence-corrected chi connectivity index (χ1v) is 6.96. The average Bonchev–Trinajstić information content (AvgIpc) is 2.89. The van der Waals surface area contributed by atoms with E-state index in [1.807, 2.05) is 12.2 Å². The molecule has 0 heterocycles. The SMILES string of the molecule is Ic1cccc2cccc(C#CC3C=CC=C3)c12. The average molecular weight is 342 g/mol. The molecule has 0 N–H and O–H groups in total. The summed E-state index contributed by atoms with van der Waals surface area (Å²) in [5.41, 5.74) is 1.12. The largest absolute Gasteiger partial charge is 0.0861 e.